The van der Waals surface area contributed by atoms with Gasteiger partial charge in [-0.15, -0.1) is 0 Å². The second kappa shape index (κ2) is 7.80. The van der Waals surface area contributed by atoms with Crippen molar-refractivity contribution < 1.29 is 14.6 Å². The number of aromatic nitrogens is 2. The fourth-order valence-electron chi connectivity index (χ4n) is 3.51. The predicted octanol–water partition coefficient (Wildman–Crippen LogP) is 2.55. The second-order valence-electron chi connectivity index (χ2n) is 6.56. The van der Waals surface area contributed by atoms with Gasteiger partial charge in [-0.25, -0.2) is 4.98 Å². The Morgan fingerprint density at radius 1 is 1.42 bits per heavy atom. The number of ether oxygens (including phenoxy) is 1. The van der Waals surface area contributed by atoms with Crippen molar-refractivity contribution in [1.29, 1.82) is 0 Å². The molecule has 1 amide bonds. The maximum Gasteiger partial charge on any atom is 0.276 e. The standard InChI is InChI=1S/C19H24N4O3/c1-3-12-11(2)26-17(9-16(12)24)13-6-8-21-10-15(13)23-19(25)18-14(20)5-4-7-22-18/h4-8,10-12,16-17,24H,3,9,20H2,1-2H3,(H,23,25)/t11-,12?,16-,17-/m1/s1. The minimum atomic E-state index is -0.447. The number of aliphatic hydroxyl groups excluding tert-OH is 1. The van der Waals surface area contributed by atoms with Crippen LogP contribution in [0.2, 0.25) is 0 Å². The molecule has 4 atom stereocenters. The predicted molar refractivity (Wildman–Crippen MR) is 98.5 cm³/mol. The lowest BCUT2D eigenvalue weighted by molar-refractivity contribution is -0.131. The van der Waals surface area contributed by atoms with Crippen molar-refractivity contribution in [3.05, 3.63) is 48.0 Å². The topological polar surface area (TPSA) is 110 Å². The Bertz CT molecular complexity index is 771. The van der Waals surface area contributed by atoms with E-state index in [1.165, 1.54) is 6.20 Å². The molecular weight excluding hydrogens is 332 g/mol. The molecule has 1 aliphatic heterocycles. The van der Waals surface area contributed by atoms with E-state index < -0.39 is 12.0 Å². The van der Waals surface area contributed by atoms with E-state index >= 15 is 0 Å². The minimum Gasteiger partial charge on any atom is -0.397 e. The first kappa shape index (κ1) is 18.3. The first-order valence-electron chi connectivity index (χ1n) is 8.80. The Morgan fingerprint density at radius 3 is 2.92 bits per heavy atom. The minimum absolute atomic E-state index is 0.0723. The van der Waals surface area contributed by atoms with E-state index in [1.54, 1.807) is 30.6 Å². The van der Waals surface area contributed by atoms with Crippen LogP contribution in [0.3, 0.4) is 0 Å². The molecule has 1 unspecified atom stereocenters. The van der Waals surface area contributed by atoms with E-state index in [-0.39, 0.29) is 23.8 Å². The summed E-state index contributed by atoms with van der Waals surface area (Å²) in [5.74, 6) is -0.298. The molecule has 1 aliphatic rings. The monoisotopic (exact) mass is 356 g/mol. The van der Waals surface area contributed by atoms with E-state index in [2.05, 4.69) is 15.3 Å². The normalized spacial score (nSPS) is 25.7. The second-order valence-corrected chi connectivity index (χ2v) is 6.56. The van der Waals surface area contributed by atoms with Crippen molar-refractivity contribution in [2.45, 2.75) is 45.0 Å². The third-order valence-corrected chi connectivity index (χ3v) is 4.91. The maximum absolute atomic E-state index is 12.5. The molecule has 3 heterocycles. The van der Waals surface area contributed by atoms with Crippen LogP contribution in [0.4, 0.5) is 11.4 Å². The van der Waals surface area contributed by atoms with Crippen molar-refractivity contribution in [2.24, 2.45) is 5.92 Å². The average molecular weight is 356 g/mol. The van der Waals surface area contributed by atoms with Gasteiger partial charge in [-0.2, -0.15) is 0 Å². The van der Waals surface area contributed by atoms with Crippen molar-refractivity contribution in [2.75, 3.05) is 11.1 Å². The van der Waals surface area contributed by atoms with Gasteiger partial charge in [-0.1, -0.05) is 6.92 Å². The van der Waals surface area contributed by atoms with Gasteiger partial charge >= 0.3 is 0 Å². The SMILES string of the molecule is CCC1[C@H](O)C[C@H](c2ccncc2NC(=O)c2ncccc2N)O[C@@H]1C. The molecule has 4 N–H and O–H groups in total. The summed E-state index contributed by atoms with van der Waals surface area (Å²) in [6, 6.07) is 5.09. The van der Waals surface area contributed by atoms with E-state index in [4.69, 9.17) is 10.5 Å². The van der Waals surface area contributed by atoms with Crippen molar-refractivity contribution in [3.8, 4) is 0 Å². The van der Waals surface area contributed by atoms with E-state index in [0.717, 1.165) is 12.0 Å². The fraction of sp³-hybridized carbons (Fsp3) is 0.421. The first-order valence-corrected chi connectivity index (χ1v) is 8.80. The van der Waals surface area contributed by atoms with E-state index in [9.17, 15) is 9.90 Å². The lowest BCUT2D eigenvalue weighted by atomic mass is 9.85. The summed E-state index contributed by atoms with van der Waals surface area (Å²) in [5.41, 5.74) is 7.60. The lowest BCUT2D eigenvalue weighted by Crippen LogP contribution is -2.39. The van der Waals surface area contributed by atoms with Gasteiger partial charge in [0.25, 0.3) is 5.91 Å². The van der Waals surface area contributed by atoms with Gasteiger partial charge in [0.05, 0.1) is 35.9 Å². The highest BCUT2D eigenvalue weighted by Crippen LogP contribution is 2.38. The molecule has 0 spiro atoms. The highest BCUT2D eigenvalue weighted by atomic mass is 16.5. The van der Waals surface area contributed by atoms with Crippen molar-refractivity contribution >= 4 is 17.3 Å². The van der Waals surface area contributed by atoms with Crippen molar-refractivity contribution in [3.63, 3.8) is 0 Å². The van der Waals surface area contributed by atoms with E-state index in [0.29, 0.717) is 17.8 Å². The number of aliphatic hydroxyl groups is 1. The van der Waals surface area contributed by atoms with Crippen LogP contribution >= 0.6 is 0 Å². The molecule has 1 saturated heterocycles. The van der Waals surface area contributed by atoms with Crippen LogP contribution in [-0.2, 0) is 4.74 Å². The smallest absolute Gasteiger partial charge is 0.276 e. The molecule has 7 heteroatoms. The van der Waals surface area contributed by atoms with Crippen LogP contribution in [0.15, 0.2) is 36.8 Å². The fourth-order valence-corrected chi connectivity index (χ4v) is 3.51. The van der Waals surface area contributed by atoms with Crippen LogP contribution in [0.5, 0.6) is 0 Å². The van der Waals surface area contributed by atoms with Crippen LogP contribution in [0.25, 0.3) is 0 Å². The Balaban J connectivity index is 1.83. The number of amides is 1. The molecule has 2 aromatic heterocycles. The number of nitrogen functional groups attached to an aromatic ring is 1. The number of pyridine rings is 2. The average Bonchev–Trinajstić information content (AvgIpc) is 2.62. The molecule has 7 nitrogen and oxygen atoms in total. The zero-order valence-electron chi connectivity index (χ0n) is 14.9. The molecule has 0 bridgehead atoms. The van der Waals surface area contributed by atoms with Gasteiger partial charge in [-0.3, -0.25) is 9.78 Å². The van der Waals surface area contributed by atoms with E-state index in [1.807, 2.05) is 13.8 Å². The molecule has 0 aromatic carbocycles. The van der Waals surface area contributed by atoms with Crippen LogP contribution in [0.1, 0.15) is 48.8 Å². The Hall–Kier alpha value is -2.51. The summed E-state index contributed by atoms with van der Waals surface area (Å²) in [4.78, 5) is 20.7. The van der Waals surface area contributed by atoms with Gasteiger partial charge in [-0.05, 0) is 31.5 Å². The highest BCUT2D eigenvalue weighted by Gasteiger charge is 2.35. The van der Waals surface area contributed by atoms with Gasteiger partial charge in [0.2, 0.25) is 0 Å². The number of nitrogens with one attached hydrogen (secondary N) is 1. The molecule has 1 fully saturated rings. The number of rotatable bonds is 4. The molecule has 0 radical (unpaired) electrons. The van der Waals surface area contributed by atoms with Crippen LogP contribution < -0.4 is 11.1 Å². The highest BCUT2D eigenvalue weighted by molar-refractivity contribution is 6.06. The first-order chi connectivity index (χ1) is 12.5. The number of nitrogens with two attached hydrogens (primary N) is 1. The lowest BCUT2D eigenvalue weighted by Gasteiger charge is -2.38. The summed E-state index contributed by atoms with van der Waals surface area (Å²) >= 11 is 0. The van der Waals surface area contributed by atoms with Crippen LogP contribution in [0, 0.1) is 5.92 Å². The quantitative estimate of drug-likeness (QED) is 0.776. The molecule has 2 aromatic rings. The molecule has 0 aliphatic carbocycles. The largest absolute Gasteiger partial charge is 0.397 e. The zero-order valence-corrected chi connectivity index (χ0v) is 14.9. The number of carbonyl (C=O) groups is 1. The molecule has 0 saturated carbocycles. The number of hydrogen-bond acceptors (Lipinski definition) is 6. The van der Waals surface area contributed by atoms with Gasteiger partial charge in [0, 0.05) is 30.3 Å². The number of carbonyl (C=O) groups excluding carboxylic acids is 1. The molecule has 3 rings (SSSR count). The number of anilines is 2. The maximum atomic E-state index is 12.5. The molecule has 26 heavy (non-hydrogen) atoms. The third-order valence-electron chi connectivity index (χ3n) is 4.91. The Morgan fingerprint density at radius 2 is 2.23 bits per heavy atom. The van der Waals surface area contributed by atoms with Gasteiger partial charge < -0.3 is 20.9 Å². The third kappa shape index (κ3) is 3.68. The summed E-state index contributed by atoms with van der Waals surface area (Å²) in [6.07, 6.45) is 5.22. The molecule has 138 valence electrons. The summed E-state index contributed by atoms with van der Waals surface area (Å²) in [5, 5.41) is 13.3. The Kier molecular flexibility index (Phi) is 5.49. The number of hydrogen-bond donors (Lipinski definition) is 3. The Labute approximate surface area is 152 Å². The van der Waals surface area contributed by atoms with Gasteiger partial charge in [0.1, 0.15) is 0 Å². The summed E-state index contributed by atoms with van der Waals surface area (Å²) < 4.78 is 6.12. The van der Waals surface area contributed by atoms with Crippen LogP contribution in [-0.4, -0.2) is 33.2 Å². The van der Waals surface area contributed by atoms with Gasteiger partial charge in [0.15, 0.2) is 5.69 Å². The number of nitrogens with zero attached hydrogens (tertiary/aromatic N) is 2. The molecular formula is C19H24N4O3. The summed E-state index contributed by atoms with van der Waals surface area (Å²) in [6.45, 7) is 4.01. The zero-order chi connectivity index (χ0) is 18.7. The summed E-state index contributed by atoms with van der Waals surface area (Å²) in [7, 11) is 0. The van der Waals surface area contributed by atoms with Crippen molar-refractivity contribution in [1.82, 2.24) is 9.97 Å².